The van der Waals surface area contributed by atoms with Gasteiger partial charge < -0.3 is 0 Å². The number of aryl methyl sites for hydroxylation is 1. The number of hydrogen-bond donors (Lipinski definition) is 0. The quantitative estimate of drug-likeness (QED) is 0.619. The lowest BCUT2D eigenvalue weighted by Crippen LogP contribution is -2.08. The summed E-state index contributed by atoms with van der Waals surface area (Å²) < 4.78 is 0. The van der Waals surface area contributed by atoms with Gasteiger partial charge in [-0.1, -0.05) is 63.5 Å². The topological polar surface area (TPSA) is 0 Å². The van der Waals surface area contributed by atoms with Crippen LogP contribution in [0.5, 0.6) is 0 Å². The van der Waals surface area contributed by atoms with Crippen molar-refractivity contribution < 1.29 is 0 Å². The van der Waals surface area contributed by atoms with E-state index in [1.54, 1.807) is 0 Å². The van der Waals surface area contributed by atoms with E-state index in [0.717, 1.165) is 0 Å². The van der Waals surface area contributed by atoms with Crippen LogP contribution in [0.15, 0.2) is 36.6 Å². The van der Waals surface area contributed by atoms with Crippen LogP contribution in [0.4, 0.5) is 0 Å². The maximum absolute atomic E-state index is 3.91. The molecule has 0 nitrogen and oxygen atoms in total. The van der Waals surface area contributed by atoms with Gasteiger partial charge in [0.25, 0.3) is 0 Å². The molecule has 0 bridgehead atoms. The Kier molecular flexibility index (Phi) is 4.84. The van der Waals surface area contributed by atoms with Gasteiger partial charge in [0, 0.05) is 5.57 Å². The Morgan fingerprint density at radius 1 is 1.17 bits per heavy atom. The lowest BCUT2D eigenvalue weighted by atomic mass is 9.81. The minimum absolute atomic E-state index is 0.688. The molecule has 18 heavy (non-hydrogen) atoms. The van der Waals surface area contributed by atoms with Crippen LogP contribution in [0.1, 0.15) is 56.6 Å². The van der Waals surface area contributed by atoms with Crippen LogP contribution >= 0.6 is 0 Å². The molecule has 1 fully saturated rings. The van der Waals surface area contributed by atoms with Crippen molar-refractivity contribution in [1.29, 1.82) is 0 Å². The highest BCUT2D eigenvalue weighted by atomic mass is 14.2. The Bertz CT molecular complexity index is 412. The van der Waals surface area contributed by atoms with Crippen LogP contribution in [-0.2, 0) is 6.42 Å². The molecule has 0 atom stereocenters. The van der Waals surface area contributed by atoms with Crippen molar-refractivity contribution in [1.82, 2.24) is 0 Å². The fourth-order valence-corrected chi connectivity index (χ4v) is 3.01. The maximum atomic E-state index is 3.91. The molecule has 0 unspecified atom stereocenters. The Labute approximate surface area is 111 Å². The summed E-state index contributed by atoms with van der Waals surface area (Å²) in [6.07, 6.45) is 9.15. The van der Waals surface area contributed by atoms with E-state index in [1.807, 2.05) is 0 Å². The van der Waals surface area contributed by atoms with Gasteiger partial charge >= 0.3 is 0 Å². The van der Waals surface area contributed by atoms with Crippen LogP contribution in [0, 0.1) is 5.92 Å². The number of benzene rings is 1. The highest BCUT2D eigenvalue weighted by Gasteiger charge is 2.18. The van der Waals surface area contributed by atoms with Gasteiger partial charge in [-0.05, 0) is 36.3 Å². The predicted molar refractivity (Wildman–Crippen MR) is 79.6 cm³/mol. The largest absolute Gasteiger partial charge is 0.124 e. The Morgan fingerprint density at radius 3 is 2.39 bits per heavy atom. The van der Waals surface area contributed by atoms with E-state index in [9.17, 15) is 0 Å². The van der Waals surface area contributed by atoms with Gasteiger partial charge in [0.05, 0.1) is 0 Å². The van der Waals surface area contributed by atoms with Gasteiger partial charge in [0.15, 0.2) is 0 Å². The van der Waals surface area contributed by atoms with E-state index >= 15 is 0 Å². The average molecular weight is 240 g/mol. The molecule has 0 radical (unpaired) electrons. The first-order valence-electron chi connectivity index (χ1n) is 7.34. The third-order valence-corrected chi connectivity index (χ3v) is 4.01. The average Bonchev–Trinajstić information content (AvgIpc) is 2.43. The van der Waals surface area contributed by atoms with Crippen molar-refractivity contribution >= 4 is 5.57 Å². The first-order valence-corrected chi connectivity index (χ1v) is 7.34. The molecule has 2 rings (SSSR count). The smallest absolute Gasteiger partial charge is 0.00368 e. The molecule has 1 aliphatic carbocycles. The third-order valence-electron chi connectivity index (χ3n) is 4.01. The minimum Gasteiger partial charge on any atom is -0.124 e. The molecule has 1 aromatic rings. The van der Waals surface area contributed by atoms with Gasteiger partial charge in [-0.2, -0.15) is 0 Å². The van der Waals surface area contributed by atoms with Crippen LogP contribution in [-0.4, -0.2) is 0 Å². The molecule has 96 valence electrons. The molecule has 0 amide bonds. The molecule has 0 heterocycles. The first-order chi connectivity index (χ1) is 8.85. The second kappa shape index (κ2) is 6.61. The van der Waals surface area contributed by atoms with E-state index in [1.165, 1.54) is 61.6 Å². The normalized spacial score (nSPS) is 16.3. The second-order valence-corrected chi connectivity index (χ2v) is 5.37. The molecule has 0 aliphatic heterocycles. The zero-order valence-electron chi connectivity index (χ0n) is 11.5. The lowest BCUT2D eigenvalue weighted by molar-refractivity contribution is 0.429. The SMILES string of the molecule is C=C=C(c1ccc(CCC)cc1)C1CCCCC1. The molecule has 0 heteroatoms. The molecular formula is C18H24. The van der Waals surface area contributed by atoms with Crippen LogP contribution in [0.2, 0.25) is 0 Å². The van der Waals surface area contributed by atoms with Crippen molar-refractivity contribution in [3.05, 3.63) is 47.7 Å². The highest BCUT2D eigenvalue weighted by molar-refractivity contribution is 5.66. The second-order valence-electron chi connectivity index (χ2n) is 5.37. The van der Waals surface area contributed by atoms with Crippen molar-refractivity contribution in [3.63, 3.8) is 0 Å². The highest BCUT2D eigenvalue weighted by Crippen LogP contribution is 2.34. The summed E-state index contributed by atoms with van der Waals surface area (Å²) in [5, 5.41) is 0. The summed E-state index contributed by atoms with van der Waals surface area (Å²) >= 11 is 0. The van der Waals surface area contributed by atoms with Crippen LogP contribution in [0.3, 0.4) is 0 Å². The van der Waals surface area contributed by atoms with E-state index in [-0.39, 0.29) is 0 Å². The summed E-state index contributed by atoms with van der Waals surface area (Å²) in [5.41, 5.74) is 7.32. The maximum Gasteiger partial charge on any atom is 0.00368 e. The summed E-state index contributed by atoms with van der Waals surface area (Å²) in [6, 6.07) is 9.04. The number of allylic oxidation sites excluding steroid dienone is 1. The van der Waals surface area contributed by atoms with Crippen molar-refractivity contribution in [2.75, 3.05) is 0 Å². The van der Waals surface area contributed by atoms with Gasteiger partial charge in [-0.3, -0.25) is 0 Å². The van der Waals surface area contributed by atoms with Crippen molar-refractivity contribution in [2.45, 2.75) is 51.9 Å². The molecule has 0 aromatic heterocycles. The summed E-state index contributed by atoms with van der Waals surface area (Å²) in [7, 11) is 0. The standard InChI is InChI=1S/C18H24/c1-3-8-15-11-13-17(14-12-15)18(4-2)16-9-6-5-7-10-16/h11-14,16H,2-3,5-10H2,1H3. The van der Waals surface area contributed by atoms with Gasteiger partial charge in [-0.15, -0.1) is 5.73 Å². The van der Waals surface area contributed by atoms with Crippen molar-refractivity contribution in [3.8, 4) is 0 Å². The lowest BCUT2D eigenvalue weighted by Gasteiger charge is -2.23. The van der Waals surface area contributed by atoms with Crippen LogP contribution < -0.4 is 0 Å². The Hall–Kier alpha value is -1.26. The minimum atomic E-state index is 0.688. The van der Waals surface area contributed by atoms with E-state index in [2.05, 4.69) is 43.5 Å². The number of hydrogen-bond acceptors (Lipinski definition) is 0. The fourth-order valence-electron chi connectivity index (χ4n) is 3.01. The Morgan fingerprint density at radius 2 is 1.83 bits per heavy atom. The first kappa shape index (κ1) is 13.2. The van der Waals surface area contributed by atoms with E-state index < -0.39 is 0 Å². The number of rotatable bonds is 4. The van der Waals surface area contributed by atoms with Gasteiger partial charge in [-0.25, -0.2) is 0 Å². The Balaban J connectivity index is 2.14. The van der Waals surface area contributed by atoms with Gasteiger partial charge in [0.2, 0.25) is 0 Å². The third kappa shape index (κ3) is 3.15. The zero-order chi connectivity index (χ0) is 12.8. The fraction of sp³-hybridized carbons (Fsp3) is 0.500. The molecule has 1 aliphatic rings. The van der Waals surface area contributed by atoms with E-state index in [4.69, 9.17) is 0 Å². The monoisotopic (exact) mass is 240 g/mol. The molecule has 0 saturated heterocycles. The zero-order valence-corrected chi connectivity index (χ0v) is 11.5. The van der Waals surface area contributed by atoms with Crippen LogP contribution in [0.25, 0.3) is 5.57 Å². The van der Waals surface area contributed by atoms with Crippen molar-refractivity contribution in [2.24, 2.45) is 5.92 Å². The summed E-state index contributed by atoms with van der Waals surface area (Å²) in [6.45, 7) is 6.14. The van der Waals surface area contributed by atoms with Gasteiger partial charge in [0.1, 0.15) is 0 Å². The predicted octanol–water partition coefficient (Wildman–Crippen LogP) is 5.39. The molecule has 1 saturated carbocycles. The molecule has 1 aromatic carbocycles. The van der Waals surface area contributed by atoms with E-state index in [0.29, 0.717) is 5.92 Å². The summed E-state index contributed by atoms with van der Waals surface area (Å²) in [4.78, 5) is 0. The molecule has 0 N–H and O–H groups in total. The molecular weight excluding hydrogens is 216 g/mol. The molecule has 0 spiro atoms. The summed E-state index contributed by atoms with van der Waals surface area (Å²) in [5.74, 6) is 0.688.